The number of para-hydroxylation sites is 1. The minimum absolute atomic E-state index is 0.299. The van der Waals surface area contributed by atoms with E-state index in [0.717, 1.165) is 11.3 Å². The maximum Gasteiger partial charge on any atom is 0.124 e. The first-order chi connectivity index (χ1) is 7.11. The van der Waals surface area contributed by atoms with Gasteiger partial charge in [-0.05, 0) is 19.9 Å². The third-order valence-electron chi connectivity index (χ3n) is 2.27. The van der Waals surface area contributed by atoms with E-state index < -0.39 is 0 Å². The second-order valence-corrected chi connectivity index (χ2v) is 3.41. The predicted molar refractivity (Wildman–Crippen MR) is 64.4 cm³/mol. The van der Waals surface area contributed by atoms with Gasteiger partial charge < -0.3 is 9.47 Å². The maximum absolute atomic E-state index is 5.39. The van der Waals surface area contributed by atoms with E-state index in [1.807, 2.05) is 52.0 Å². The van der Waals surface area contributed by atoms with E-state index >= 15 is 0 Å². The van der Waals surface area contributed by atoms with Crippen molar-refractivity contribution in [3.05, 3.63) is 29.8 Å². The molecule has 0 aliphatic carbocycles. The molecular formula is C13H22O2. The second kappa shape index (κ2) is 6.46. The van der Waals surface area contributed by atoms with Gasteiger partial charge in [0.15, 0.2) is 0 Å². The summed E-state index contributed by atoms with van der Waals surface area (Å²) in [5.74, 6) is 0.870. The number of hydrogen-bond donors (Lipinski definition) is 0. The average molecular weight is 210 g/mol. The van der Waals surface area contributed by atoms with Gasteiger partial charge in [-0.3, -0.25) is 0 Å². The highest BCUT2D eigenvalue weighted by Crippen LogP contribution is 2.31. The van der Waals surface area contributed by atoms with Crippen LogP contribution < -0.4 is 4.74 Å². The van der Waals surface area contributed by atoms with Crippen molar-refractivity contribution in [3.63, 3.8) is 0 Å². The van der Waals surface area contributed by atoms with E-state index in [2.05, 4.69) is 0 Å². The zero-order chi connectivity index (χ0) is 11.9. The molecular weight excluding hydrogens is 188 g/mol. The Hall–Kier alpha value is -1.02. The highest BCUT2D eigenvalue weighted by molar-refractivity contribution is 5.37. The summed E-state index contributed by atoms with van der Waals surface area (Å²) in [6.07, 6.45) is 0. The molecule has 0 aromatic heterocycles. The Kier molecular flexibility index (Phi) is 6.02. The zero-order valence-corrected chi connectivity index (χ0v) is 10.6. The second-order valence-electron chi connectivity index (χ2n) is 3.41. The minimum Gasteiger partial charge on any atom is -0.496 e. The quantitative estimate of drug-likeness (QED) is 0.759. The minimum atomic E-state index is -0.299. The summed E-state index contributed by atoms with van der Waals surface area (Å²) >= 11 is 0. The molecule has 86 valence electrons. The molecule has 2 nitrogen and oxygen atoms in total. The average Bonchev–Trinajstić information content (AvgIpc) is 2.31. The Morgan fingerprint density at radius 1 is 1.00 bits per heavy atom. The Bertz CT molecular complexity index is 280. The van der Waals surface area contributed by atoms with Crippen LogP contribution in [0.3, 0.4) is 0 Å². The monoisotopic (exact) mass is 210 g/mol. The molecule has 0 bridgehead atoms. The predicted octanol–water partition coefficient (Wildman–Crippen LogP) is 3.60. The molecule has 0 aliphatic rings. The van der Waals surface area contributed by atoms with E-state index in [-0.39, 0.29) is 5.60 Å². The van der Waals surface area contributed by atoms with Crippen LogP contribution in [-0.4, -0.2) is 14.2 Å². The molecule has 1 aromatic rings. The summed E-state index contributed by atoms with van der Waals surface area (Å²) in [6.45, 7) is 8.04. The van der Waals surface area contributed by atoms with Crippen LogP contribution in [0.5, 0.6) is 5.75 Å². The molecule has 0 unspecified atom stereocenters. The van der Waals surface area contributed by atoms with Crippen molar-refractivity contribution >= 4 is 0 Å². The molecule has 0 saturated heterocycles. The van der Waals surface area contributed by atoms with Crippen LogP contribution >= 0.6 is 0 Å². The highest BCUT2D eigenvalue weighted by Gasteiger charge is 2.22. The molecule has 15 heavy (non-hydrogen) atoms. The van der Waals surface area contributed by atoms with E-state index in [0.29, 0.717) is 0 Å². The van der Waals surface area contributed by atoms with Crippen LogP contribution in [-0.2, 0) is 10.3 Å². The fraction of sp³-hybridized carbons (Fsp3) is 0.538. The fourth-order valence-corrected chi connectivity index (χ4v) is 1.25. The first kappa shape index (κ1) is 14.0. The topological polar surface area (TPSA) is 18.5 Å². The third kappa shape index (κ3) is 3.56. The van der Waals surface area contributed by atoms with E-state index in [4.69, 9.17) is 9.47 Å². The number of rotatable bonds is 3. The summed E-state index contributed by atoms with van der Waals surface area (Å²) in [4.78, 5) is 0. The summed E-state index contributed by atoms with van der Waals surface area (Å²) < 4.78 is 10.6. The number of ether oxygens (including phenoxy) is 2. The van der Waals surface area contributed by atoms with Crippen molar-refractivity contribution in [2.24, 2.45) is 0 Å². The molecule has 0 N–H and O–H groups in total. The van der Waals surface area contributed by atoms with Gasteiger partial charge in [-0.2, -0.15) is 0 Å². The summed E-state index contributed by atoms with van der Waals surface area (Å²) in [5.41, 5.74) is 0.770. The van der Waals surface area contributed by atoms with Gasteiger partial charge in [-0.1, -0.05) is 32.0 Å². The molecule has 0 spiro atoms. The smallest absolute Gasteiger partial charge is 0.124 e. The first-order valence-electron chi connectivity index (χ1n) is 5.30. The number of hydrogen-bond acceptors (Lipinski definition) is 2. The van der Waals surface area contributed by atoms with Crippen molar-refractivity contribution in [2.45, 2.75) is 33.3 Å². The van der Waals surface area contributed by atoms with E-state index in [1.54, 1.807) is 14.2 Å². The van der Waals surface area contributed by atoms with Crippen LogP contribution in [0.1, 0.15) is 33.3 Å². The lowest BCUT2D eigenvalue weighted by atomic mass is 9.97. The highest BCUT2D eigenvalue weighted by atomic mass is 16.5. The van der Waals surface area contributed by atoms with Gasteiger partial charge >= 0.3 is 0 Å². The molecule has 0 saturated carbocycles. The van der Waals surface area contributed by atoms with Gasteiger partial charge in [0.05, 0.1) is 12.7 Å². The lowest BCUT2D eigenvalue weighted by molar-refractivity contribution is 0.0173. The van der Waals surface area contributed by atoms with Gasteiger partial charge in [0, 0.05) is 12.7 Å². The van der Waals surface area contributed by atoms with Crippen molar-refractivity contribution in [3.8, 4) is 5.75 Å². The van der Waals surface area contributed by atoms with Crippen LogP contribution in [0.2, 0.25) is 0 Å². The van der Waals surface area contributed by atoms with E-state index in [9.17, 15) is 0 Å². The van der Waals surface area contributed by atoms with Gasteiger partial charge in [0.25, 0.3) is 0 Å². The zero-order valence-electron chi connectivity index (χ0n) is 10.6. The Morgan fingerprint density at radius 3 is 2.00 bits per heavy atom. The van der Waals surface area contributed by atoms with E-state index in [1.165, 1.54) is 0 Å². The van der Waals surface area contributed by atoms with Gasteiger partial charge in [0.2, 0.25) is 0 Å². The van der Waals surface area contributed by atoms with Crippen LogP contribution in [0, 0.1) is 0 Å². The fourth-order valence-electron chi connectivity index (χ4n) is 1.25. The first-order valence-corrected chi connectivity index (χ1v) is 5.30. The summed E-state index contributed by atoms with van der Waals surface area (Å²) in [5, 5.41) is 0. The Morgan fingerprint density at radius 2 is 1.53 bits per heavy atom. The lowest BCUT2D eigenvalue weighted by Gasteiger charge is -2.25. The van der Waals surface area contributed by atoms with Crippen molar-refractivity contribution < 1.29 is 9.47 Å². The molecule has 0 heterocycles. The normalized spacial score (nSPS) is 10.3. The van der Waals surface area contributed by atoms with Crippen molar-refractivity contribution in [2.75, 3.05) is 14.2 Å². The van der Waals surface area contributed by atoms with Crippen LogP contribution in [0.4, 0.5) is 0 Å². The summed E-state index contributed by atoms with van der Waals surface area (Å²) in [6, 6.07) is 7.89. The molecule has 0 aliphatic heterocycles. The van der Waals surface area contributed by atoms with Gasteiger partial charge in [0.1, 0.15) is 5.75 Å². The molecule has 0 atom stereocenters. The summed E-state index contributed by atoms with van der Waals surface area (Å²) in [7, 11) is 3.37. The molecule has 0 amide bonds. The van der Waals surface area contributed by atoms with Crippen molar-refractivity contribution in [1.82, 2.24) is 0 Å². The van der Waals surface area contributed by atoms with Crippen molar-refractivity contribution in [1.29, 1.82) is 0 Å². The number of benzene rings is 1. The van der Waals surface area contributed by atoms with Crippen LogP contribution in [0.15, 0.2) is 24.3 Å². The van der Waals surface area contributed by atoms with Gasteiger partial charge in [-0.15, -0.1) is 0 Å². The molecule has 1 rings (SSSR count). The standard InChI is InChI=1S/C11H16O2.C2H6/c1-11(2,13-4)9-7-5-6-8-10(9)12-3;1-2/h5-8H,1-4H3;1-2H3. The molecule has 0 fully saturated rings. The van der Waals surface area contributed by atoms with Gasteiger partial charge in [-0.25, -0.2) is 0 Å². The molecule has 2 heteroatoms. The molecule has 0 radical (unpaired) electrons. The SMILES string of the molecule is CC.COc1ccccc1C(C)(C)OC. The Balaban J connectivity index is 0.000000921. The molecule has 1 aromatic carbocycles. The number of methoxy groups -OCH3 is 2. The maximum atomic E-state index is 5.39. The Labute approximate surface area is 93.2 Å². The third-order valence-corrected chi connectivity index (χ3v) is 2.27. The lowest BCUT2D eigenvalue weighted by Crippen LogP contribution is -2.20. The van der Waals surface area contributed by atoms with Crippen LogP contribution in [0.25, 0.3) is 0 Å². The largest absolute Gasteiger partial charge is 0.496 e.